The van der Waals surface area contributed by atoms with Crippen molar-refractivity contribution in [3.63, 3.8) is 0 Å². The van der Waals surface area contributed by atoms with Gasteiger partial charge in [0.25, 0.3) is 5.56 Å². The first kappa shape index (κ1) is 21.5. The first-order valence-corrected chi connectivity index (χ1v) is 10.6. The molecular weight excluding hydrogens is 398 g/mol. The molecule has 0 bridgehead atoms. The van der Waals surface area contributed by atoms with E-state index in [1.807, 2.05) is 30.3 Å². The number of pyridine rings is 1. The molecule has 1 aromatic carbocycles. The van der Waals surface area contributed by atoms with E-state index in [4.69, 9.17) is 9.47 Å². The standard InChI is InChI=1S/C23H29N3O5/c1-30-11-10-24-23(29)22-17(14-27)16-13-25-18(7-5-9-20(25)28)21(16)26(22)12-15-6-3-4-8-19(15)31-2/h3-9,16-17,21-22,27H,10-14H2,1-2H3,(H,24,29)/t16-,17-,21+,22-/m0/s1. The monoisotopic (exact) mass is 427 g/mol. The fourth-order valence-corrected chi connectivity index (χ4v) is 5.15. The SMILES string of the molecule is COCCNC(=O)[C@@H]1[C@@H](CO)[C@@H]2Cn3c(cccc3=O)[C@@H]2N1Cc1ccccc1OC. The second-order valence-corrected chi connectivity index (χ2v) is 8.07. The number of likely N-dealkylation sites (tertiary alicyclic amines) is 1. The van der Waals surface area contributed by atoms with Gasteiger partial charge in [-0.15, -0.1) is 0 Å². The van der Waals surface area contributed by atoms with Gasteiger partial charge in [0.05, 0.1) is 25.8 Å². The predicted octanol–water partition coefficient (Wildman–Crippen LogP) is 0.783. The number of carbonyl (C=O) groups is 1. The molecule has 0 spiro atoms. The van der Waals surface area contributed by atoms with Crippen LogP contribution in [0.2, 0.25) is 0 Å². The number of methoxy groups -OCH3 is 2. The number of ether oxygens (including phenoxy) is 2. The largest absolute Gasteiger partial charge is 0.496 e. The van der Waals surface area contributed by atoms with E-state index in [1.54, 1.807) is 30.9 Å². The number of benzene rings is 1. The van der Waals surface area contributed by atoms with Crippen molar-refractivity contribution in [1.29, 1.82) is 0 Å². The lowest BCUT2D eigenvalue weighted by Gasteiger charge is -2.31. The highest BCUT2D eigenvalue weighted by molar-refractivity contribution is 5.82. The van der Waals surface area contributed by atoms with Crippen LogP contribution >= 0.6 is 0 Å². The van der Waals surface area contributed by atoms with Gasteiger partial charge in [-0.3, -0.25) is 14.5 Å². The Hall–Kier alpha value is -2.68. The zero-order chi connectivity index (χ0) is 22.0. The second kappa shape index (κ2) is 9.21. The number of hydrogen-bond donors (Lipinski definition) is 2. The van der Waals surface area contributed by atoms with E-state index in [1.165, 1.54) is 0 Å². The fraction of sp³-hybridized carbons (Fsp3) is 0.478. The Balaban J connectivity index is 1.74. The van der Waals surface area contributed by atoms with Crippen LogP contribution < -0.4 is 15.6 Å². The molecule has 0 unspecified atom stereocenters. The Morgan fingerprint density at radius 2 is 2.00 bits per heavy atom. The van der Waals surface area contributed by atoms with Crippen LogP contribution in [-0.4, -0.2) is 60.5 Å². The molecule has 1 aromatic heterocycles. The van der Waals surface area contributed by atoms with E-state index < -0.39 is 6.04 Å². The minimum absolute atomic E-state index is 0.0343. The average molecular weight is 428 g/mol. The Morgan fingerprint density at radius 3 is 2.74 bits per heavy atom. The molecule has 3 heterocycles. The van der Waals surface area contributed by atoms with Gasteiger partial charge < -0.3 is 24.5 Å². The Morgan fingerprint density at radius 1 is 1.19 bits per heavy atom. The topological polar surface area (TPSA) is 93.0 Å². The van der Waals surface area contributed by atoms with Crippen molar-refractivity contribution in [2.45, 2.75) is 25.2 Å². The molecule has 2 aliphatic heterocycles. The molecule has 0 saturated carbocycles. The van der Waals surface area contributed by atoms with E-state index in [0.29, 0.717) is 26.2 Å². The summed E-state index contributed by atoms with van der Waals surface area (Å²) in [4.78, 5) is 27.8. The molecule has 2 aromatic rings. The maximum Gasteiger partial charge on any atom is 0.250 e. The molecule has 8 nitrogen and oxygen atoms in total. The Kier molecular flexibility index (Phi) is 6.41. The van der Waals surface area contributed by atoms with E-state index in [-0.39, 0.29) is 36.0 Å². The molecule has 8 heteroatoms. The average Bonchev–Trinajstić information content (AvgIpc) is 3.30. The van der Waals surface area contributed by atoms with E-state index >= 15 is 0 Å². The number of rotatable bonds is 8. The Bertz CT molecular complexity index is 991. The highest BCUT2D eigenvalue weighted by atomic mass is 16.5. The molecule has 4 atom stereocenters. The van der Waals surface area contributed by atoms with Crippen LogP contribution in [0.4, 0.5) is 0 Å². The molecule has 166 valence electrons. The van der Waals surface area contributed by atoms with Gasteiger partial charge in [0, 0.05) is 62.5 Å². The van der Waals surface area contributed by atoms with Crippen LogP contribution in [0.5, 0.6) is 5.75 Å². The molecule has 0 aliphatic carbocycles. The zero-order valence-electron chi connectivity index (χ0n) is 17.9. The molecule has 1 fully saturated rings. The zero-order valence-corrected chi connectivity index (χ0v) is 17.9. The highest BCUT2D eigenvalue weighted by Crippen LogP contribution is 2.49. The number of aliphatic hydroxyl groups excluding tert-OH is 1. The highest BCUT2D eigenvalue weighted by Gasteiger charge is 2.55. The maximum atomic E-state index is 13.2. The number of hydrogen-bond acceptors (Lipinski definition) is 6. The third-order valence-electron chi connectivity index (χ3n) is 6.49. The van der Waals surface area contributed by atoms with Crippen molar-refractivity contribution in [3.8, 4) is 5.75 Å². The van der Waals surface area contributed by atoms with Crippen molar-refractivity contribution < 1.29 is 19.4 Å². The lowest BCUT2D eigenvalue weighted by atomic mass is 9.88. The molecule has 2 aliphatic rings. The van der Waals surface area contributed by atoms with Gasteiger partial charge in [-0.25, -0.2) is 0 Å². The summed E-state index contributed by atoms with van der Waals surface area (Å²) in [5.41, 5.74) is 1.79. The van der Waals surface area contributed by atoms with Gasteiger partial charge in [-0.1, -0.05) is 24.3 Å². The quantitative estimate of drug-likeness (QED) is 0.605. The first-order valence-electron chi connectivity index (χ1n) is 10.6. The van der Waals surface area contributed by atoms with Crippen LogP contribution in [0, 0.1) is 11.8 Å². The Labute approximate surface area is 181 Å². The van der Waals surface area contributed by atoms with Gasteiger partial charge >= 0.3 is 0 Å². The molecule has 1 amide bonds. The number of nitrogens with zero attached hydrogens (tertiary/aromatic N) is 2. The number of carbonyl (C=O) groups excluding carboxylic acids is 1. The third-order valence-corrected chi connectivity index (χ3v) is 6.49. The lowest BCUT2D eigenvalue weighted by molar-refractivity contribution is -0.128. The van der Waals surface area contributed by atoms with Crippen LogP contribution in [0.15, 0.2) is 47.3 Å². The number of nitrogens with one attached hydrogen (secondary N) is 1. The number of amides is 1. The van der Waals surface area contributed by atoms with Crippen LogP contribution in [-0.2, 0) is 22.6 Å². The second-order valence-electron chi connectivity index (χ2n) is 8.07. The fourth-order valence-electron chi connectivity index (χ4n) is 5.15. The minimum atomic E-state index is -0.522. The summed E-state index contributed by atoms with van der Waals surface area (Å²) in [5, 5.41) is 13.2. The third kappa shape index (κ3) is 3.86. The van der Waals surface area contributed by atoms with E-state index in [9.17, 15) is 14.7 Å². The van der Waals surface area contributed by atoms with Gasteiger partial charge in [-0.05, 0) is 12.1 Å². The van der Waals surface area contributed by atoms with Gasteiger partial charge in [0.1, 0.15) is 5.75 Å². The van der Waals surface area contributed by atoms with E-state index in [0.717, 1.165) is 17.0 Å². The summed E-state index contributed by atoms with van der Waals surface area (Å²) in [6, 6.07) is 12.3. The van der Waals surface area contributed by atoms with Crippen molar-refractivity contribution in [3.05, 3.63) is 64.1 Å². The smallest absolute Gasteiger partial charge is 0.250 e. The number of aliphatic hydroxyl groups is 1. The normalized spacial score (nSPS) is 24.6. The van der Waals surface area contributed by atoms with Crippen LogP contribution in [0.1, 0.15) is 17.3 Å². The van der Waals surface area contributed by atoms with E-state index in [2.05, 4.69) is 10.2 Å². The van der Waals surface area contributed by atoms with Crippen molar-refractivity contribution in [2.24, 2.45) is 11.8 Å². The number of para-hydroxylation sites is 1. The van der Waals surface area contributed by atoms with Gasteiger partial charge in [0.15, 0.2) is 0 Å². The van der Waals surface area contributed by atoms with Gasteiger partial charge in [-0.2, -0.15) is 0 Å². The van der Waals surface area contributed by atoms with Crippen molar-refractivity contribution in [1.82, 2.24) is 14.8 Å². The van der Waals surface area contributed by atoms with Gasteiger partial charge in [0.2, 0.25) is 5.91 Å². The molecule has 4 rings (SSSR count). The first-order chi connectivity index (χ1) is 15.1. The molecule has 0 radical (unpaired) electrons. The molecule has 1 saturated heterocycles. The minimum Gasteiger partial charge on any atom is -0.496 e. The molecule has 31 heavy (non-hydrogen) atoms. The van der Waals surface area contributed by atoms with Crippen molar-refractivity contribution in [2.75, 3.05) is 34.0 Å². The van der Waals surface area contributed by atoms with Crippen LogP contribution in [0.3, 0.4) is 0 Å². The summed E-state index contributed by atoms with van der Waals surface area (Å²) >= 11 is 0. The summed E-state index contributed by atoms with van der Waals surface area (Å²) in [7, 11) is 3.22. The summed E-state index contributed by atoms with van der Waals surface area (Å²) in [6.45, 7) is 1.65. The predicted molar refractivity (Wildman–Crippen MR) is 115 cm³/mol. The van der Waals surface area contributed by atoms with Crippen molar-refractivity contribution >= 4 is 5.91 Å². The maximum absolute atomic E-state index is 13.2. The summed E-state index contributed by atoms with van der Waals surface area (Å²) in [6.07, 6.45) is 0. The summed E-state index contributed by atoms with van der Waals surface area (Å²) < 4.78 is 12.4. The van der Waals surface area contributed by atoms with Crippen LogP contribution in [0.25, 0.3) is 0 Å². The lowest BCUT2D eigenvalue weighted by Crippen LogP contribution is -2.48. The molecular formula is C23H29N3O5. The number of aromatic nitrogens is 1. The summed E-state index contributed by atoms with van der Waals surface area (Å²) in [5.74, 6) is 0.285. The number of fused-ring (bicyclic) bond motifs is 3. The molecule has 2 N–H and O–H groups in total.